The fraction of sp³-hybridized carbons (Fsp3) is 1.00. The van der Waals surface area contributed by atoms with Crippen LogP contribution in [0, 0.1) is 11.3 Å². The summed E-state index contributed by atoms with van der Waals surface area (Å²) in [5.74, 6) is 0.466. The largest absolute Gasteiger partial charge is 0.392 e. The van der Waals surface area contributed by atoms with Crippen LogP contribution in [0.25, 0.3) is 0 Å². The van der Waals surface area contributed by atoms with Crippen molar-refractivity contribution in [3.05, 3.63) is 0 Å². The van der Waals surface area contributed by atoms with Gasteiger partial charge >= 0.3 is 0 Å². The molecule has 2 unspecified atom stereocenters. The SMILES string of the molecule is CCCCCN(CC1CCCC(C)(C)C1O)C(C)C. The van der Waals surface area contributed by atoms with Gasteiger partial charge in [0.2, 0.25) is 0 Å². The molecule has 0 aliphatic heterocycles. The Hall–Kier alpha value is -0.0800. The quantitative estimate of drug-likeness (QED) is 0.704. The first kappa shape index (κ1) is 17.0. The lowest BCUT2D eigenvalue weighted by atomic mass is 9.69. The summed E-state index contributed by atoms with van der Waals surface area (Å²) < 4.78 is 0. The van der Waals surface area contributed by atoms with E-state index in [1.165, 1.54) is 45.1 Å². The summed E-state index contributed by atoms with van der Waals surface area (Å²) in [5.41, 5.74) is 0.106. The van der Waals surface area contributed by atoms with Gasteiger partial charge in [-0.25, -0.2) is 0 Å². The highest BCUT2D eigenvalue weighted by Gasteiger charge is 2.38. The van der Waals surface area contributed by atoms with Crippen molar-refractivity contribution in [3.8, 4) is 0 Å². The Balaban J connectivity index is 2.53. The monoisotopic (exact) mass is 269 g/mol. The van der Waals surface area contributed by atoms with Gasteiger partial charge in [-0.05, 0) is 51.0 Å². The fourth-order valence-corrected chi connectivity index (χ4v) is 3.38. The summed E-state index contributed by atoms with van der Waals surface area (Å²) in [5, 5.41) is 10.6. The van der Waals surface area contributed by atoms with E-state index in [1.54, 1.807) is 0 Å². The average Bonchev–Trinajstić information content (AvgIpc) is 2.33. The smallest absolute Gasteiger partial charge is 0.0631 e. The predicted molar refractivity (Wildman–Crippen MR) is 83.4 cm³/mol. The van der Waals surface area contributed by atoms with Crippen LogP contribution in [-0.2, 0) is 0 Å². The highest BCUT2D eigenvalue weighted by atomic mass is 16.3. The van der Waals surface area contributed by atoms with Crippen LogP contribution in [-0.4, -0.2) is 35.2 Å². The van der Waals surface area contributed by atoms with Crippen LogP contribution < -0.4 is 0 Å². The third-order valence-corrected chi connectivity index (χ3v) is 4.89. The van der Waals surface area contributed by atoms with Gasteiger partial charge in [-0.2, -0.15) is 0 Å². The minimum absolute atomic E-state index is 0.106. The van der Waals surface area contributed by atoms with E-state index < -0.39 is 0 Å². The third-order valence-electron chi connectivity index (χ3n) is 4.89. The molecule has 1 aliphatic rings. The minimum atomic E-state index is -0.131. The van der Waals surface area contributed by atoms with Gasteiger partial charge in [0.25, 0.3) is 0 Å². The zero-order valence-electron chi connectivity index (χ0n) is 13.8. The van der Waals surface area contributed by atoms with Crippen molar-refractivity contribution in [3.63, 3.8) is 0 Å². The van der Waals surface area contributed by atoms with Crippen molar-refractivity contribution in [2.45, 2.75) is 85.3 Å². The second-order valence-electron chi connectivity index (χ2n) is 7.38. The first-order valence-corrected chi connectivity index (χ1v) is 8.30. The molecule has 1 rings (SSSR count). The van der Waals surface area contributed by atoms with Crippen molar-refractivity contribution in [2.75, 3.05) is 13.1 Å². The molecule has 2 atom stereocenters. The molecule has 114 valence electrons. The van der Waals surface area contributed by atoms with Crippen LogP contribution >= 0.6 is 0 Å². The second kappa shape index (κ2) is 7.64. The lowest BCUT2D eigenvalue weighted by Gasteiger charge is -2.43. The van der Waals surface area contributed by atoms with E-state index in [0.29, 0.717) is 12.0 Å². The Morgan fingerprint density at radius 1 is 1.26 bits per heavy atom. The van der Waals surface area contributed by atoms with Gasteiger partial charge in [0.15, 0.2) is 0 Å². The van der Waals surface area contributed by atoms with Gasteiger partial charge in [0.05, 0.1) is 6.10 Å². The van der Waals surface area contributed by atoms with Gasteiger partial charge in [-0.3, -0.25) is 0 Å². The number of hydrogen-bond donors (Lipinski definition) is 1. The van der Waals surface area contributed by atoms with Crippen molar-refractivity contribution >= 4 is 0 Å². The van der Waals surface area contributed by atoms with Crippen LogP contribution in [0.1, 0.15) is 73.1 Å². The van der Waals surface area contributed by atoms with Gasteiger partial charge in [0.1, 0.15) is 0 Å². The lowest BCUT2D eigenvalue weighted by molar-refractivity contribution is -0.0457. The molecule has 0 amide bonds. The van der Waals surface area contributed by atoms with Crippen molar-refractivity contribution in [1.82, 2.24) is 4.90 Å². The molecule has 1 fully saturated rings. The van der Waals surface area contributed by atoms with Crippen molar-refractivity contribution < 1.29 is 5.11 Å². The molecule has 1 N–H and O–H groups in total. The summed E-state index contributed by atoms with van der Waals surface area (Å²) in [6, 6.07) is 0.592. The molecular weight excluding hydrogens is 234 g/mol. The molecule has 0 radical (unpaired) electrons. The summed E-state index contributed by atoms with van der Waals surface area (Å²) in [6.45, 7) is 13.5. The number of aliphatic hydroxyl groups is 1. The molecular formula is C17H35NO. The predicted octanol–water partition coefficient (Wildman–Crippen LogP) is 4.07. The van der Waals surface area contributed by atoms with Crippen LogP contribution in [0.15, 0.2) is 0 Å². The Bertz CT molecular complexity index is 250. The summed E-state index contributed by atoms with van der Waals surface area (Å²) in [4.78, 5) is 2.57. The fourth-order valence-electron chi connectivity index (χ4n) is 3.38. The molecule has 0 spiro atoms. The topological polar surface area (TPSA) is 23.5 Å². The normalized spacial score (nSPS) is 27.2. The molecule has 2 nitrogen and oxygen atoms in total. The number of unbranched alkanes of at least 4 members (excludes halogenated alkanes) is 2. The molecule has 0 aromatic heterocycles. The van der Waals surface area contributed by atoms with E-state index in [0.717, 1.165) is 6.54 Å². The standard InChI is InChI=1S/C17H35NO/c1-6-7-8-12-18(14(2)3)13-15-10-9-11-17(4,5)16(15)19/h14-16,19H,6-13H2,1-5H3. The third kappa shape index (κ3) is 5.07. The van der Waals surface area contributed by atoms with Crippen LogP contribution in [0.5, 0.6) is 0 Å². The second-order valence-corrected chi connectivity index (χ2v) is 7.38. The Kier molecular flexibility index (Phi) is 6.82. The maximum absolute atomic E-state index is 10.6. The average molecular weight is 269 g/mol. The molecule has 1 saturated carbocycles. The van der Waals surface area contributed by atoms with Crippen LogP contribution in [0.2, 0.25) is 0 Å². The van der Waals surface area contributed by atoms with Gasteiger partial charge in [-0.1, -0.05) is 40.0 Å². The Morgan fingerprint density at radius 3 is 2.53 bits per heavy atom. The van der Waals surface area contributed by atoms with E-state index >= 15 is 0 Å². The number of nitrogens with zero attached hydrogens (tertiary/aromatic N) is 1. The molecule has 1 aliphatic carbocycles. The van der Waals surface area contributed by atoms with Crippen molar-refractivity contribution in [2.24, 2.45) is 11.3 Å². The van der Waals surface area contributed by atoms with E-state index in [2.05, 4.69) is 39.5 Å². The summed E-state index contributed by atoms with van der Waals surface area (Å²) >= 11 is 0. The zero-order chi connectivity index (χ0) is 14.5. The molecule has 19 heavy (non-hydrogen) atoms. The number of rotatable bonds is 7. The zero-order valence-corrected chi connectivity index (χ0v) is 13.8. The van der Waals surface area contributed by atoms with Gasteiger partial charge in [-0.15, -0.1) is 0 Å². The molecule has 0 heterocycles. The lowest BCUT2D eigenvalue weighted by Crippen LogP contribution is -2.46. The Morgan fingerprint density at radius 2 is 1.95 bits per heavy atom. The summed E-state index contributed by atoms with van der Waals surface area (Å²) in [6.07, 6.45) is 7.40. The van der Waals surface area contributed by atoms with Gasteiger partial charge < -0.3 is 10.0 Å². The van der Waals surface area contributed by atoms with Crippen molar-refractivity contribution in [1.29, 1.82) is 0 Å². The molecule has 0 aromatic carbocycles. The van der Waals surface area contributed by atoms with E-state index in [9.17, 15) is 5.11 Å². The maximum atomic E-state index is 10.6. The highest BCUT2D eigenvalue weighted by Crippen LogP contribution is 2.39. The van der Waals surface area contributed by atoms with Crippen LogP contribution in [0.3, 0.4) is 0 Å². The molecule has 0 aromatic rings. The Labute approximate surface area is 120 Å². The van der Waals surface area contributed by atoms with E-state index in [-0.39, 0.29) is 11.5 Å². The summed E-state index contributed by atoms with van der Waals surface area (Å²) in [7, 11) is 0. The molecule has 2 heteroatoms. The maximum Gasteiger partial charge on any atom is 0.0631 e. The van der Waals surface area contributed by atoms with Gasteiger partial charge in [0, 0.05) is 12.6 Å². The van der Waals surface area contributed by atoms with Crippen LogP contribution in [0.4, 0.5) is 0 Å². The number of aliphatic hydroxyl groups excluding tert-OH is 1. The molecule has 0 bridgehead atoms. The first-order chi connectivity index (χ1) is 8.88. The van der Waals surface area contributed by atoms with E-state index in [1.807, 2.05) is 0 Å². The molecule has 0 saturated heterocycles. The minimum Gasteiger partial charge on any atom is -0.392 e. The van der Waals surface area contributed by atoms with E-state index in [4.69, 9.17) is 0 Å². The number of hydrogen-bond acceptors (Lipinski definition) is 2. The first-order valence-electron chi connectivity index (χ1n) is 8.30. The highest BCUT2D eigenvalue weighted by molar-refractivity contribution is 4.89.